The van der Waals surface area contributed by atoms with E-state index in [1.54, 1.807) is 23.1 Å². The molecule has 2 aromatic rings. The summed E-state index contributed by atoms with van der Waals surface area (Å²) in [6.45, 7) is 2.71. The summed E-state index contributed by atoms with van der Waals surface area (Å²) in [7, 11) is 0. The zero-order chi connectivity index (χ0) is 18.7. The van der Waals surface area contributed by atoms with E-state index in [4.69, 9.17) is 11.6 Å². The summed E-state index contributed by atoms with van der Waals surface area (Å²) in [4.78, 5) is 27.0. The number of carbonyl (C=O) groups excluding carboxylic acids is 2. The van der Waals surface area contributed by atoms with Crippen molar-refractivity contribution in [3.05, 3.63) is 51.5 Å². The van der Waals surface area contributed by atoms with Crippen LogP contribution >= 0.6 is 39.3 Å². The Balaban J connectivity index is 1.66. The summed E-state index contributed by atoms with van der Waals surface area (Å²) in [6, 6.07) is 11.3. The monoisotopic (exact) mass is 452 g/mol. The summed E-state index contributed by atoms with van der Waals surface area (Å²) in [5.74, 6) is 0.251. The molecule has 2 amide bonds. The second-order valence-electron chi connectivity index (χ2n) is 6.06. The van der Waals surface area contributed by atoms with Crippen molar-refractivity contribution in [2.24, 2.45) is 0 Å². The third-order valence-corrected chi connectivity index (χ3v) is 6.10. The minimum atomic E-state index is -0.135. The number of hydrogen-bond donors (Lipinski definition) is 1. The maximum absolute atomic E-state index is 12.3. The number of rotatable bonds is 5. The van der Waals surface area contributed by atoms with Gasteiger partial charge in [0, 0.05) is 28.0 Å². The van der Waals surface area contributed by atoms with E-state index in [9.17, 15) is 9.59 Å². The Morgan fingerprint density at radius 3 is 2.81 bits per heavy atom. The molecule has 0 aromatic heterocycles. The molecule has 0 unspecified atom stereocenters. The summed E-state index contributed by atoms with van der Waals surface area (Å²) >= 11 is 11.1. The van der Waals surface area contributed by atoms with E-state index in [1.807, 2.05) is 25.1 Å². The second-order valence-corrected chi connectivity index (χ2v) is 8.40. The summed E-state index contributed by atoms with van der Waals surface area (Å²) in [5, 5.41) is 3.31. The Labute approximate surface area is 170 Å². The van der Waals surface area contributed by atoms with Gasteiger partial charge in [0.1, 0.15) is 0 Å². The van der Waals surface area contributed by atoms with Crippen molar-refractivity contribution in [3.8, 4) is 0 Å². The Hall–Kier alpha value is -1.50. The fourth-order valence-corrected chi connectivity index (χ4v) is 4.25. The Kier molecular flexibility index (Phi) is 6.27. The molecule has 1 saturated heterocycles. The van der Waals surface area contributed by atoms with Crippen LogP contribution in [0, 0.1) is 6.92 Å². The number of nitrogens with one attached hydrogen (secondary N) is 1. The maximum atomic E-state index is 12.3. The van der Waals surface area contributed by atoms with Crippen LogP contribution in [0.3, 0.4) is 0 Å². The smallest absolute Gasteiger partial charge is 0.234 e. The first-order valence-corrected chi connectivity index (χ1v) is 10.4. The third-order valence-electron chi connectivity index (χ3n) is 4.10. The average Bonchev–Trinajstić information content (AvgIpc) is 3.02. The highest BCUT2D eigenvalue weighted by Crippen LogP contribution is 2.30. The lowest BCUT2D eigenvalue weighted by atomic mass is 10.2. The van der Waals surface area contributed by atoms with Crippen molar-refractivity contribution in [1.29, 1.82) is 0 Å². The van der Waals surface area contributed by atoms with Gasteiger partial charge in [0.05, 0.1) is 16.5 Å². The van der Waals surface area contributed by atoms with Crippen molar-refractivity contribution < 1.29 is 9.59 Å². The van der Waals surface area contributed by atoms with Gasteiger partial charge in [-0.1, -0.05) is 27.5 Å². The molecule has 0 saturated carbocycles. The SMILES string of the molecule is Cc1cc(Br)ccc1SCC(=O)Nc1cc(N2CCCC2=O)ccc1Cl. The van der Waals surface area contributed by atoms with Gasteiger partial charge in [0.15, 0.2) is 0 Å². The van der Waals surface area contributed by atoms with Crippen LogP contribution in [0.4, 0.5) is 11.4 Å². The molecule has 1 N–H and O–H groups in total. The maximum Gasteiger partial charge on any atom is 0.234 e. The standard InChI is InChI=1S/C19H18BrClN2O2S/c1-12-9-13(20)4-7-17(12)26-11-18(24)22-16-10-14(5-6-15(16)21)23-8-2-3-19(23)25/h4-7,9-10H,2-3,8,11H2,1H3,(H,22,24). The van der Waals surface area contributed by atoms with Crippen molar-refractivity contribution in [2.75, 3.05) is 22.5 Å². The second kappa shape index (κ2) is 8.46. The molecule has 136 valence electrons. The minimum absolute atomic E-state index is 0.103. The lowest BCUT2D eigenvalue weighted by Crippen LogP contribution is -2.24. The molecule has 0 radical (unpaired) electrons. The molecule has 0 spiro atoms. The van der Waals surface area contributed by atoms with Crippen LogP contribution in [0.2, 0.25) is 5.02 Å². The molecule has 0 atom stereocenters. The zero-order valence-corrected chi connectivity index (χ0v) is 17.4. The van der Waals surface area contributed by atoms with Crippen LogP contribution in [0.1, 0.15) is 18.4 Å². The Bertz CT molecular complexity index is 859. The van der Waals surface area contributed by atoms with Crippen molar-refractivity contribution in [1.82, 2.24) is 0 Å². The summed E-state index contributed by atoms with van der Waals surface area (Å²) in [5.41, 5.74) is 2.41. The summed E-state index contributed by atoms with van der Waals surface area (Å²) in [6.07, 6.45) is 1.42. The largest absolute Gasteiger partial charge is 0.324 e. The fourth-order valence-electron chi connectivity index (χ4n) is 2.80. The first-order valence-electron chi connectivity index (χ1n) is 8.23. The number of carbonyl (C=O) groups is 2. The highest BCUT2D eigenvalue weighted by Gasteiger charge is 2.22. The molecular formula is C19H18BrClN2O2S. The first kappa shape index (κ1) is 19.3. The van der Waals surface area contributed by atoms with Crippen LogP contribution in [0.15, 0.2) is 45.8 Å². The van der Waals surface area contributed by atoms with Gasteiger partial charge in [0.2, 0.25) is 11.8 Å². The van der Waals surface area contributed by atoms with Gasteiger partial charge in [-0.15, -0.1) is 11.8 Å². The summed E-state index contributed by atoms with van der Waals surface area (Å²) < 4.78 is 1.02. The van der Waals surface area contributed by atoms with E-state index in [0.29, 0.717) is 23.7 Å². The van der Waals surface area contributed by atoms with E-state index in [2.05, 4.69) is 21.2 Å². The molecule has 4 nitrogen and oxygen atoms in total. The minimum Gasteiger partial charge on any atom is -0.324 e. The van der Waals surface area contributed by atoms with Gasteiger partial charge < -0.3 is 10.2 Å². The molecular weight excluding hydrogens is 436 g/mol. The number of halogens is 2. The van der Waals surface area contributed by atoms with Crippen molar-refractivity contribution in [3.63, 3.8) is 0 Å². The average molecular weight is 454 g/mol. The molecule has 1 aliphatic heterocycles. The van der Waals surface area contributed by atoms with Crippen LogP contribution < -0.4 is 10.2 Å². The van der Waals surface area contributed by atoms with Crippen LogP contribution in [-0.2, 0) is 9.59 Å². The highest BCUT2D eigenvalue weighted by molar-refractivity contribution is 9.10. The van der Waals surface area contributed by atoms with E-state index in [1.165, 1.54) is 11.8 Å². The van der Waals surface area contributed by atoms with Crippen LogP contribution in [0.5, 0.6) is 0 Å². The van der Waals surface area contributed by atoms with Gasteiger partial charge in [0.25, 0.3) is 0 Å². The lowest BCUT2D eigenvalue weighted by Gasteiger charge is -2.17. The number of hydrogen-bond acceptors (Lipinski definition) is 3. The number of benzene rings is 2. The predicted molar refractivity (Wildman–Crippen MR) is 111 cm³/mol. The molecule has 0 aliphatic carbocycles. The van der Waals surface area contributed by atoms with Gasteiger partial charge in [-0.05, 0) is 55.3 Å². The number of thioether (sulfide) groups is 1. The number of anilines is 2. The highest BCUT2D eigenvalue weighted by atomic mass is 79.9. The quantitative estimate of drug-likeness (QED) is 0.628. The van der Waals surface area contributed by atoms with E-state index in [-0.39, 0.29) is 17.6 Å². The first-order chi connectivity index (χ1) is 12.4. The molecule has 26 heavy (non-hydrogen) atoms. The van der Waals surface area contributed by atoms with Gasteiger partial charge in [-0.25, -0.2) is 0 Å². The predicted octanol–water partition coefficient (Wildman–Crippen LogP) is 5.27. The topological polar surface area (TPSA) is 49.4 Å². The molecule has 1 fully saturated rings. The third kappa shape index (κ3) is 4.61. The lowest BCUT2D eigenvalue weighted by molar-refractivity contribution is -0.117. The molecule has 0 bridgehead atoms. The fraction of sp³-hybridized carbons (Fsp3) is 0.263. The van der Waals surface area contributed by atoms with E-state index in [0.717, 1.165) is 27.0 Å². The molecule has 1 heterocycles. The molecule has 7 heteroatoms. The Morgan fingerprint density at radius 2 is 2.12 bits per heavy atom. The van der Waals surface area contributed by atoms with E-state index >= 15 is 0 Å². The van der Waals surface area contributed by atoms with Gasteiger partial charge in [-0.3, -0.25) is 9.59 Å². The van der Waals surface area contributed by atoms with Gasteiger partial charge >= 0.3 is 0 Å². The molecule has 2 aromatic carbocycles. The molecule has 3 rings (SSSR count). The Morgan fingerprint density at radius 1 is 1.31 bits per heavy atom. The number of aryl methyl sites for hydroxylation is 1. The van der Waals surface area contributed by atoms with Crippen LogP contribution in [-0.4, -0.2) is 24.1 Å². The molecule has 1 aliphatic rings. The van der Waals surface area contributed by atoms with Crippen LogP contribution in [0.25, 0.3) is 0 Å². The zero-order valence-electron chi connectivity index (χ0n) is 14.2. The normalized spacial score (nSPS) is 14.0. The van der Waals surface area contributed by atoms with Crippen molar-refractivity contribution in [2.45, 2.75) is 24.7 Å². The number of amides is 2. The number of nitrogens with zero attached hydrogens (tertiary/aromatic N) is 1. The van der Waals surface area contributed by atoms with Gasteiger partial charge in [-0.2, -0.15) is 0 Å². The van der Waals surface area contributed by atoms with Crippen molar-refractivity contribution >= 4 is 62.5 Å². The van der Waals surface area contributed by atoms with E-state index < -0.39 is 0 Å².